The Bertz CT molecular complexity index is 631. The summed E-state index contributed by atoms with van der Waals surface area (Å²) in [6.07, 6.45) is 4.23. The quantitative estimate of drug-likeness (QED) is 0.851. The molecule has 3 rings (SSSR count). The van der Waals surface area contributed by atoms with Crippen molar-refractivity contribution in [1.82, 2.24) is 4.57 Å². The minimum absolute atomic E-state index is 0.129. The molecular formula is C14H14BrN3O. The van der Waals surface area contributed by atoms with Crippen LogP contribution in [0.5, 0.6) is 0 Å². The molecule has 0 atom stereocenters. The number of aromatic nitrogens is 1. The third kappa shape index (κ3) is 2.51. The molecule has 1 aliphatic carbocycles. The number of hydrogen-bond donors (Lipinski definition) is 2. The van der Waals surface area contributed by atoms with Crippen molar-refractivity contribution in [3.05, 3.63) is 46.7 Å². The Morgan fingerprint density at radius 2 is 2.11 bits per heavy atom. The SMILES string of the molecule is Nc1ccccc1NC(=O)c1cc(Br)cn1C1CC1. The fraction of sp³-hybridized carbons (Fsp3) is 0.214. The molecule has 4 nitrogen and oxygen atoms in total. The molecule has 0 aliphatic heterocycles. The average Bonchev–Trinajstić information content (AvgIpc) is 3.15. The number of carbonyl (C=O) groups is 1. The maximum absolute atomic E-state index is 12.3. The fourth-order valence-corrected chi connectivity index (χ4v) is 2.52. The molecule has 2 aromatic rings. The van der Waals surface area contributed by atoms with Crippen LogP contribution in [0.15, 0.2) is 41.0 Å². The van der Waals surface area contributed by atoms with E-state index >= 15 is 0 Å². The number of para-hydroxylation sites is 2. The van der Waals surface area contributed by atoms with Crippen molar-refractivity contribution in [2.45, 2.75) is 18.9 Å². The summed E-state index contributed by atoms with van der Waals surface area (Å²) in [7, 11) is 0. The van der Waals surface area contributed by atoms with E-state index in [2.05, 4.69) is 21.2 Å². The Balaban J connectivity index is 1.86. The lowest BCUT2D eigenvalue weighted by atomic mass is 10.2. The lowest BCUT2D eigenvalue weighted by Crippen LogP contribution is -2.17. The maximum Gasteiger partial charge on any atom is 0.272 e. The van der Waals surface area contributed by atoms with Gasteiger partial charge in [-0.15, -0.1) is 0 Å². The van der Waals surface area contributed by atoms with E-state index in [0.717, 1.165) is 17.3 Å². The lowest BCUT2D eigenvalue weighted by Gasteiger charge is -2.10. The number of carbonyl (C=O) groups excluding carboxylic acids is 1. The van der Waals surface area contributed by atoms with Crippen LogP contribution in [0.4, 0.5) is 11.4 Å². The van der Waals surface area contributed by atoms with Crippen molar-refractivity contribution in [2.24, 2.45) is 0 Å². The van der Waals surface area contributed by atoms with Crippen LogP contribution in [0, 0.1) is 0 Å². The average molecular weight is 320 g/mol. The van der Waals surface area contributed by atoms with Crippen molar-refractivity contribution >= 4 is 33.2 Å². The first-order valence-corrected chi connectivity index (χ1v) is 6.97. The Labute approximate surface area is 119 Å². The van der Waals surface area contributed by atoms with E-state index in [1.807, 2.05) is 29.0 Å². The van der Waals surface area contributed by atoms with Crippen LogP contribution in [-0.2, 0) is 0 Å². The second-order valence-electron chi connectivity index (χ2n) is 4.72. The van der Waals surface area contributed by atoms with Gasteiger partial charge in [0.05, 0.1) is 11.4 Å². The first-order valence-electron chi connectivity index (χ1n) is 6.18. The van der Waals surface area contributed by atoms with Gasteiger partial charge in [0.2, 0.25) is 0 Å². The number of hydrogen-bond acceptors (Lipinski definition) is 2. The van der Waals surface area contributed by atoms with Crippen LogP contribution in [0.25, 0.3) is 0 Å². The van der Waals surface area contributed by atoms with Gasteiger partial charge in [-0.3, -0.25) is 4.79 Å². The molecule has 19 heavy (non-hydrogen) atoms. The van der Waals surface area contributed by atoms with Crippen LogP contribution in [0.2, 0.25) is 0 Å². The molecule has 1 heterocycles. The molecule has 1 aromatic heterocycles. The Kier molecular flexibility index (Phi) is 3.06. The summed E-state index contributed by atoms with van der Waals surface area (Å²) in [4.78, 5) is 12.3. The van der Waals surface area contributed by atoms with Gasteiger partial charge < -0.3 is 15.6 Å². The van der Waals surface area contributed by atoms with E-state index in [0.29, 0.717) is 23.1 Å². The highest BCUT2D eigenvalue weighted by Gasteiger charge is 2.27. The minimum atomic E-state index is -0.129. The van der Waals surface area contributed by atoms with Gasteiger partial charge in [-0.25, -0.2) is 0 Å². The van der Waals surface area contributed by atoms with Crippen LogP contribution < -0.4 is 11.1 Å². The zero-order valence-corrected chi connectivity index (χ0v) is 11.9. The lowest BCUT2D eigenvalue weighted by molar-refractivity contribution is 0.101. The summed E-state index contributed by atoms with van der Waals surface area (Å²) in [6, 6.07) is 9.56. The van der Waals surface area contributed by atoms with Crippen LogP contribution in [-0.4, -0.2) is 10.5 Å². The van der Waals surface area contributed by atoms with Crippen molar-refractivity contribution in [2.75, 3.05) is 11.1 Å². The zero-order valence-electron chi connectivity index (χ0n) is 10.3. The smallest absolute Gasteiger partial charge is 0.272 e. The number of benzene rings is 1. The monoisotopic (exact) mass is 319 g/mol. The summed E-state index contributed by atoms with van der Waals surface area (Å²) < 4.78 is 2.95. The van der Waals surface area contributed by atoms with E-state index in [-0.39, 0.29) is 5.91 Å². The van der Waals surface area contributed by atoms with E-state index < -0.39 is 0 Å². The van der Waals surface area contributed by atoms with Gasteiger partial charge in [0.1, 0.15) is 5.69 Å². The first-order chi connectivity index (χ1) is 9.15. The molecule has 5 heteroatoms. The van der Waals surface area contributed by atoms with Crippen molar-refractivity contribution < 1.29 is 4.79 Å². The third-order valence-electron chi connectivity index (χ3n) is 3.20. The first kappa shape index (κ1) is 12.3. The Morgan fingerprint density at radius 3 is 2.79 bits per heavy atom. The standard InChI is InChI=1S/C14H14BrN3O/c15-9-7-13(18(8-9)10-5-6-10)14(19)17-12-4-2-1-3-11(12)16/h1-4,7-8,10H,5-6,16H2,(H,17,19). The summed E-state index contributed by atoms with van der Waals surface area (Å²) >= 11 is 3.42. The number of rotatable bonds is 3. The van der Waals surface area contributed by atoms with Gasteiger partial charge >= 0.3 is 0 Å². The molecule has 0 radical (unpaired) electrons. The molecule has 1 saturated carbocycles. The summed E-state index contributed by atoms with van der Waals surface area (Å²) in [6.45, 7) is 0. The van der Waals surface area contributed by atoms with Crippen LogP contribution >= 0.6 is 15.9 Å². The van der Waals surface area contributed by atoms with Gasteiger partial charge in [-0.2, -0.15) is 0 Å². The molecule has 0 saturated heterocycles. The second-order valence-corrected chi connectivity index (χ2v) is 5.64. The third-order valence-corrected chi connectivity index (χ3v) is 3.63. The van der Waals surface area contributed by atoms with Gasteiger partial charge in [0.15, 0.2) is 0 Å². The highest BCUT2D eigenvalue weighted by molar-refractivity contribution is 9.10. The predicted octanol–water partition coefficient (Wildman–Crippen LogP) is 3.42. The molecule has 0 spiro atoms. The number of nitrogens with one attached hydrogen (secondary N) is 1. The molecule has 1 fully saturated rings. The normalized spacial score (nSPS) is 14.4. The Morgan fingerprint density at radius 1 is 1.37 bits per heavy atom. The number of nitrogens with zero attached hydrogens (tertiary/aromatic N) is 1. The van der Waals surface area contributed by atoms with Gasteiger partial charge in [0, 0.05) is 16.7 Å². The van der Waals surface area contributed by atoms with E-state index in [9.17, 15) is 4.79 Å². The summed E-state index contributed by atoms with van der Waals surface area (Å²) in [5.74, 6) is -0.129. The maximum atomic E-state index is 12.3. The van der Waals surface area contributed by atoms with Crippen molar-refractivity contribution in [1.29, 1.82) is 0 Å². The van der Waals surface area contributed by atoms with Crippen molar-refractivity contribution in [3.8, 4) is 0 Å². The fourth-order valence-electron chi connectivity index (χ4n) is 2.08. The molecule has 0 unspecified atom stereocenters. The topological polar surface area (TPSA) is 60.0 Å². The predicted molar refractivity (Wildman–Crippen MR) is 79.2 cm³/mol. The molecule has 1 amide bonds. The van der Waals surface area contributed by atoms with Crippen LogP contribution in [0.3, 0.4) is 0 Å². The van der Waals surface area contributed by atoms with Crippen LogP contribution in [0.1, 0.15) is 29.4 Å². The molecule has 3 N–H and O–H groups in total. The number of nitrogens with two attached hydrogens (primary N) is 1. The highest BCUT2D eigenvalue weighted by Crippen LogP contribution is 2.37. The number of amides is 1. The molecule has 0 bridgehead atoms. The molecular weight excluding hydrogens is 306 g/mol. The van der Waals surface area contributed by atoms with Gasteiger partial charge in [-0.1, -0.05) is 12.1 Å². The zero-order chi connectivity index (χ0) is 13.4. The highest BCUT2D eigenvalue weighted by atomic mass is 79.9. The molecule has 1 aromatic carbocycles. The second kappa shape index (κ2) is 4.74. The van der Waals surface area contributed by atoms with E-state index in [1.54, 1.807) is 12.1 Å². The summed E-state index contributed by atoms with van der Waals surface area (Å²) in [5.41, 5.74) is 7.71. The molecule has 98 valence electrons. The van der Waals surface area contributed by atoms with Gasteiger partial charge in [0.25, 0.3) is 5.91 Å². The van der Waals surface area contributed by atoms with Crippen molar-refractivity contribution in [3.63, 3.8) is 0 Å². The molecule has 1 aliphatic rings. The van der Waals surface area contributed by atoms with E-state index in [4.69, 9.17) is 5.73 Å². The Hall–Kier alpha value is -1.75. The largest absolute Gasteiger partial charge is 0.397 e. The number of halogens is 1. The summed E-state index contributed by atoms with van der Waals surface area (Å²) in [5, 5.41) is 2.86. The number of anilines is 2. The minimum Gasteiger partial charge on any atom is -0.397 e. The van der Waals surface area contributed by atoms with E-state index in [1.165, 1.54) is 0 Å². The van der Waals surface area contributed by atoms with Gasteiger partial charge in [-0.05, 0) is 47.0 Å². The number of nitrogen functional groups attached to an aromatic ring is 1.